The molecule has 0 aliphatic carbocycles. The highest BCUT2D eigenvalue weighted by Gasteiger charge is 2.27. The molecule has 2 aliphatic rings. The zero-order valence-electron chi connectivity index (χ0n) is 14.7. The molecule has 2 aliphatic heterocycles. The Morgan fingerprint density at radius 1 is 1.22 bits per heavy atom. The highest BCUT2D eigenvalue weighted by Crippen LogP contribution is 2.32. The fourth-order valence-corrected chi connectivity index (χ4v) is 3.05. The van der Waals surface area contributed by atoms with Crippen molar-refractivity contribution < 1.29 is 19.1 Å². The molecule has 0 saturated carbocycles. The van der Waals surface area contributed by atoms with Crippen LogP contribution in [0.25, 0.3) is 0 Å². The van der Waals surface area contributed by atoms with Crippen LogP contribution in [0.15, 0.2) is 30.9 Å². The molecule has 1 saturated heterocycles. The van der Waals surface area contributed by atoms with Crippen LogP contribution in [0, 0.1) is 0 Å². The van der Waals surface area contributed by atoms with Crippen LogP contribution in [0.5, 0.6) is 11.5 Å². The number of hydrogen-bond donors (Lipinski definition) is 1. The Kier molecular flexibility index (Phi) is 4.77. The van der Waals surface area contributed by atoms with Gasteiger partial charge in [0.05, 0.1) is 6.54 Å². The molecule has 3 heterocycles. The summed E-state index contributed by atoms with van der Waals surface area (Å²) in [5.41, 5.74) is 0.971. The second kappa shape index (κ2) is 7.52. The van der Waals surface area contributed by atoms with Gasteiger partial charge in [-0.25, -0.2) is 9.78 Å². The summed E-state index contributed by atoms with van der Waals surface area (Å²) in [7, 11) is 0. The van der Waals surface area contributed by atoms with Crippen LogP contribution in [0.4, 0.5) is 4.79 Å². The van der Waals surface area contributed by atoms with Gasteiger partial charge < -0.3 is 24.6 Å². The van der Waals surface area contributed by atoms with Crippen molar-refractivity contribution in [3.05, 3.63) is 36.4 Å². The maximum absolute atomic E-state index is 12.4. The van der Waals surface area contributed by atoms with Gasteiger partial charge in [-0.15, -0.1) is 0 Å². The first-order chi connectivity index (χ1) is 13.2. The Balaban J connectivity index is 1.26. The SMILES string of the molecule is O=C1CN(C(=O)NCCn2cncn2)CCN1Cc1ccc2c(c1)OCO2. The van der Waals surface area contributed by atoms with Crippen molar-refractivity contribution in [2.24, 2.45) is 0 Å². The number of ether oxygens (including phenoxy) is 2. The van der Waals surface area contributed by atoms with Gasteiger partial charge in [0, 0.05) is 26.2 Å². The molecule has 0 spiro atoms. The molecule has 10 heteroatoms. The molecule has 4 rings (SSSR count). The van der Waals surface area contributed by atoms with E-state index in [4.69, 9.17) is 9.47 Å². The Hall–Kier alpha value is -3.30. The predicted molar refractivity (Wildman–Crippen MR) is 93.0 cm³/mol. The molecule has 0 bridgehead atoms. The number of carbonyl (C=O) groups is 2. The second-order valence-electron chi connectivity index (χ2n) is 6.31. The highest BCUT2D eigenvalue weighted by atomic mass is 16.7. The maximum Gasteiger partial charge on any atom is 0.317 e. The average molecular weight is 372 g/mol. The number of nitrogens with zero attached hydrogens (tertiary/aromatic N) is 5. The van der Waals surface area contributed by atoms with E-state index in [9.17, 15) is 9.59 Å². The number of rotatable bonds is 5. The van der Waals surface area contributed by atoms with Gasteiger partial charge in [-0.05, 0) is 17.7 Å². The van der Waals surface area contributed by atoms with E-state index in [0.717, 1.165) is 11.3 Å². The summed E-state index contributed by atoms with van der Waals surface area (Å²) in [5.74, 6) is 1.34. The third-order valence-corrected chi connectivity index (χ3v) is 4.50. The molecule has 142 valence electrons. The number of benzene rings is 1. The number of hydrogen-bond acceptors (Lipinski definition) is 6. The minimum atomic E-state index is -0.244. The van der Waals surface area contributed by atoms with E-state index in [2.05, 4.69) is 15.4 Å². The number of piperazine rings is 1. The topological polar surface area (TPSA) is 102 Å². The van der Waals surface area contributed by atoms with Crippen LogP contribution in [0.3, 0.4) is 0 Å². The van der Waals surface area contributed by atoms with Crippen LogP contribution in [-0.4, -0.2) is 69.5 Å². The largest absolute Gasteiger partial charge is 0.454 e. The number of urea groups is 1. The number of carbonyl (C=O) groups excluding carboxylic acids is 2. The lowest BCUT2D eigenvalue weighted by Crippen LogP contribution is -2.54. The molecule has 1 aromatic carbocycles. The van der Waals surface area contributed by atoms with Crippen molar-refractivity contribution in [2.45, 2.75) is 13.1 Å². The first kappa shape index (κ1) is 17.1. The quantitative estimate of drug-likeness (QED) is 0.796. The van der Waals surface area contributed by atoms with Gasteiger partial charge in [0.1, 0.15) is 19.2 Å². The van der Waals surface area contributed by atoms with Gasteiger partial charge in [-0.3, -0.25) is 9.48 Å². The summed E-state index contributed by atoms with van der Waals surface area (Å²) in [6.07, 6.45) is 3.03. The summed E-state index contributed by atoms with van der Waals surface area (Å²) in [6.45, 7) is 2.71. The van der Waals surface area contributed by atoms with Crippen molar-refractivity contribution in [1.29, 1.82) is 0 Å². The van der Waals surface area contributed by atoms with Crippen molar-refractivity contribution >= 4 is 11.9 Å². The fourth-order valence-electron chi connectivity index (χ4n) is 3.05. The maximum atomic E-state index is 12.4. The Labute approximate surface area is 155 Å². The molecular weight excluding hydrogens is 352 g/mol. The van der Waals surface area contributed by atoms with E-state index < -0.39 is 0 Å². The lowest BCUT2D eigenvalue weighted by atomic mass is 10.1. The average Bonchev–Trinajstić information content (AvgIpc) is 3.34. The first-order valence-electron chi connectivity index (χ1n) is 8.70. The summed E-state index contributed by atoms with van der Waals surface area (Å²) < 4.78 is 12.3. The first-order valence-corrected chi connectivity index (χ1v) is 8.70. The van der Waals surface area contributed by atoms with Gasteiger partial charge in [0.15, 0.2) is 11.5 Å². The van der Waals surface area contributed by atoms with Crippen molar-refractivity contribution in [2.75, 3.05) is 33.0 Å². The van der Waals surface area contributed by atoms with Crippen LogP contribution in [0.2, 0.25) is 0 Å². The monoisotopic (exact) mass is 372 g/mol. The van der Waals surface area contributed by atoms with Crippen molar-refractivity contribution in [3.8, 4) is 11.5 Å². The van der Waals surface area contributed by atoms with Crippen molar-refractivity contribution in [3.63, 3.8) is 0 Å². The molecule has 0 atom stereocenters. The van der Waals surface area contributed by atoms with E-state index >= 15 is 0 Å². The molecule has 0 radical (unpaired) electrons. The minimum absolute atomic E-state index is 0.0692. The van der Waals surface area contributed by atoms with E-state index in [1.54, 1.807) is 15.9 Å². The molecular formula is C17H20N6O4. The Morgan fingerprint density at radius 3 is 2.93 bits per heavy atom. The predicted octanol–water partition coefficient (Wildman–Crippen LogP) is 0.0608. The number of amides is 3. The lowest BCUT2D eigenvalue weighted by molar-refractivity contribution is -0.135. The van der Waals surface area contributed by atoms with E-state index in [1.165, 1.54) is 11.2 Å². The zero-order chi connectivity index (χ0) is 18.6. The molecule has 1 N–H and O–H groups in total. The standard InChI is InChI=1S/C17H20N6O4/c24-16-9-22(17(25)19-3-4-23-11-18-10-20-23)6-5-21(16)8-13-1-2-14-15(7-13)27-12-26-14/h1-2,7,10-11H,3-6,8-9,12H2,(H,19,25). The van der Waals surface area contributed by atoms with Crippen LogP contribution in [-0.2, 0) is 17.9 Å². The number of nitrogens with one attached hydrogen (secondary N) is 1. The summed E-state index contributed by atoms with van der Waals surface area (Å²) in [5, 5.41) is 6.77. The lowest BCUT2D eigenvalue weighted by Gasteiger charge is -2.34. The van der Waals surface area contributed by atoms with Gasteiger partial charge in [0.2, 0.25) is 12.7 Å². The fraction of sp³-hybridized carbons (Fsp3) is 0.412. The molecule has 10 nitrogen and oxygen atoms in total. The van der Waals surface area contributed by atoms with Gasteiger partial charge >= 0.3 is 6.03 Å². The number of aromatic nitrogens is 3. The van der Waals surface area contributed by atoms with Crippen LogP contribution >= 0.6 is 0 Å². The number of fused-ring (bicyclic) bond motifs is 1. The van der Waals surface area contributed by atoms with Crippen LogP contribution < -0.4 is 14.8 Å². The third-order valence-electron chi connectivity index (χ3n) is 4.50. The summed E-state index contributed by atoms with van der Waals surface area (Å²) in [6, 6.07) is 5.41. The Morgan fingerprint density at radius 2 is 2.11 bits per heavy atom. The molecule has 1 aromatic heterocycles. The van der Waals surface area contributed by atoms with Gasteiger partial charge in [-0.1, -0.05) is 6.07 Å². The van der Waals surface area contributed by atoms with E-state index in [1.807, 2.05) is 18.2 Å². The molecule has 2 aromatic rings. The van der Waals surface area contributed by atoms with Gasteiger partial charge in [-0.2, -0.15) is 5.10 Å². The molecule has 0 unspecified atom stereocenters. The molecule has 1 fully saturated rings. The van der Waals surface area contributed by atoms with E-state index in [0.29, 0.717) is 38.5 Å². The van der Waals surface area contributed by atoms with Crippen LogP contribution in [0.1, 0.15) is 5.56 Å². The minimum Gasteiger partial charge on any atom is -0.454 e. The van der Waals surface area contributed by atoms with E-state index in [-0.39, 0.29) is 25.3 Å². The third kappa shape index (κ3) is 3.94. The second-order valence-corrected chi connectivity index (χ2v) is 6.31. The van der Waals surface area contributed by atoms with Crippen molar-refractivity contribution in [1.82, 2.24) is 29.9 Å². The normalized spacial score (nSPS) is 15.9. The summed E-state index contributed by atoms with van der Waals surface area (Å²) >= 11 is 0. The Bertz CT molecular complexity index is 825. The highest BCUT2D eigenvalue weighted by molar-refractivity contribution is 5.85. The smallest absolute Gasteiger partial charge is 0.317 e. The molecule has 27 heavy (non-hydrogen) atoms. The van der Waals surface area contributed by atoms with Gasteiger partial charge in [0.25, 0.3) is 0 Å². The molecule has 3 amide bonds. The zero-order valence-corrected chi connectivity index (χ0v) is 14.7. The summed E-state index contributed by atoms with van der Waals surface area (Å²) in [4.78, 5) is 31.8.